The lowest BCUT2D eigenvalue weighted by Gasteiger charge is -2.48. The molecule has 1 heterocycles. The van der Waals surface area contributed by atoms with Gasteiger partial charge in [-0.2, -0.15) is 0 Å². The van der Waals surface area contributed by atoms with Crippen LogP contribution in [0.25, 0.3) is 0 Å². The van der Waals surface area contributed by atoms with Gasteiger partial charge in [0.05, 0.1) is 7.11 Å². The maximum absolute atomic E-state index is 12.2. The molecule has 0 aromatic rings. The van der Waals surface area contributed by atoms with E-state index in [0.29, 0.717) is 34.4 Å². The van der Waals surface area contributed by atoms with E-state index >= 15 is 0 Å². The predicted molar refractivity (Wildman–Crippen MR) is 76.6 cm³/mol. The summed E-state index contributed by atoms with van der Waals surface area (Å²) in [5.41, 5.74) is -0.816. The lowest BCUT2D eigenvalue weighted by atomic mass is 9.91. The fourth-order valence-corrected chi connectivity index (χ4v) is 3.63. The van der Waals surface area contributed by atoms with Crippen LogP contribution < -0.4 is 0 Å². The van der Waals surface area contributed by atoms with E-state index in [9.17, 15) is 9.59 Å². The van der Waals surface area contributed by atoms with E-state index < -0.39 is 5.54 Å². The van der Waals surface area contributed by atoms with Crippen molar-refractivity contribution in [3.05, 3.63) is 0 Å². The third-order valence-electron chi connectivity index (χ3n) is 3.50. The summed E-state index contributed by atoms with van der Waals surface area (Å²) in [4.78, 5) is 25.9. The summed E-state index contributed by atoms with van der Waals surface area (Å²) in [6.45, 7) is 5.72. The molecule has 0 radical (unpaired) electrons. The first-order chi connectivity index (χ1) is 8.55. The van der Waals surface area contributed by atoms with E-state index in [-0.39, 0.29) is 11.9 Å². The van der Waals surface area contributed by atoms with Gasteiger partial charge >= 0.3 is 5.97 Å². The van der Waals surface area contributed by atoms with E-state index in [2.05, 4.69) is 13.6 Å². The zero-order valence-electron chi connectivity index (χ0n) is 11.2. The third kappa shape index (κ3) is 2.84. The first-order valence-corrected chi connectivity index (χ1v) is 8.91. The molecule has 1 aliphatic heterocycles. The quantitative estimate of drug-likeness (QED) is 0.578. The van der Waals surface area contributed by atoms with E-state index in [1.807, 2.05) is 13.8 Å². The minimum Gasteiger partial charge on any atom is -0.467 e. The number of carbonyl (C=O) groups excluding carboxylic acids is 2. The van der Waals surface area contributed by atoms with Crippen LogP contribution in [-0.2, 0) is 14.3 Å². The van der Waals surface area contributed by atoms with E-state index in [0.717, 1.165) is 6.54 Å². The monoisotopic (exact) mass is 292 g/mol. The normalized spacial score (nSPS) is 25.7. The van der Waals surface area contributed by atoms with Crippen molar-refractivity contribution in [2.24, 2.45) is 0 Å². The predicted octanol–water partition coefficient (Wildman–Crippen LogP) is 1.25. The van der Waals surface area contributed by atoms with Crippen molar-refractivity contribution < 1.29 is 14.3 Å². The van der Waals surface area contributed by atoms with Crippen molar-refractivity contribution in [3.8, 4) is 0 Å². The van der Waals surface area contributed by atoms with Crippen molar-refractivity contribution in [1.82, 2.24) is 9.57 Å². The largest absolute Gasteiger partial charge is 0.467 e. The average Bonchev–Trinajstić information content (AvgIpc) is 2.44. The standard InChI is InChI=1S/C11H22N2O3P2/c1-4-9(14)13-7-6-12(18-17)8-11(13,5-2)10(15)16-3/h18H,4-8,17H2,1-3H3. The fourth-order valence-electron chi connectivity index (χ4n) is 2.39. The highest BCUT2D eigenvalue weighted by Crippen LogP contribution is 2.35. The molecule has 1 rings (SSSR count). The molecule has 7 heteroatoms. The Hall–Kier alpha value is -0.240. The second-order valence-electron chi connectivity index (χ2n) is 4.33. The highest BCUT2D eigenvalue weighted by molar-refractivity contribution is 8.01. The number of piperazine rings is 1. The van der Waals surface area contributed by atoms with Gasteiger partial charge in [-0.25, -0.2) is 4.79 Å². The van der Waals surface area contributed by atoms with Gasteiger partial charge < -0.3 is 9.64 Å². The molecule has 5 nitrogen and oxygen atoms in total. The maximum Gasteiger partial charge on any atom is 0.333 e. The lowest BCUT2D eigenvalue weighted by molar-refractivity contribution is -0.166. The Kier molecular flexibility index (Phi) is 5.97. The van der Waals surface area contributed by atoms with E-state index in [1.165, 1.54) is 7.11 Å². The maximum atomic E-state index is 12.2. The molecule has 0 N–H and O–H groups in total. The average molecular weight is 292 g/mol. The van der Waals surface area contributed by atoms with Crippen molar-refractivity contribution in [3.63, 3.8) is 0 Å². The molecule has 0 aliphatic carbocycles. The summed E-state index contributed by atoms with van der Waals surface area (Å²) in [6.07, 6.45) is 0.999. The Balaban J connectivity index is 3.08. The van der Waals surface area contributed by atoms with Crippen molar-refractivity contribution in [2.45, 2.75) is 32.2 Å². The summed E-state index contributed by atoms with van der Waals surface area (Å²) < 4.78 is 7.12. The third-order valence-corrected chi connectivity index (χ3v) is 5.34. The summed E-state index contributed by atoms with van der Waals surface area (Å²) in [5.74, 6) is -0.284. The summed E-state index contributed by atoms with van der Waals surface area (Å²) in [6, 6.07) is 0. The minimum absolute atomic E-state index is 0.0222. The van der Waals surface area contributed by atoms with Gasteiger partial charge in [0.2, 0.25) is 5.91 Å². The van der Waals surface area contributed by atoms with Crippen LogP contribution in [0.1, 0.15) is 26.7 Å². The first-order valence-electron chi connectivity index (χ1n) is 6.15. The van der Waals surface area contributed by atoms with Crippen LogP contribution in [0.4, 0.5) is 0 Å². The highest BCUT2D eigenvalue weighted by atomic mass is 32.0. The number of methoxy groups -OCH3 is 1. The van der Waals surface area contributed by atoms with Gasteiger partial charge in [-0.15, -0.1) is 0 Å². The van der Waals surface area contributed by atoms with Crippen LogP contribution in [0.15, 0.2) is 0 Å². The van der Waals surface area contributed by atoms with Crippen LogP contribution in [0.5, 0.6) is 0 Å². The molecule has 1 fully saturated rings. The van der Waals surface area contributed by atoms with Gasteiger partial charge in [0.15, 0.2) is 5.54 Å². The number of esters is 1. The smallest absolute Gasteiger partial charge is 0.333 e. The number of nitrogens with zero attached hydrogens (tertiary/aromatic N) is 2. The second kappa shape index (κ2) is 6.79. The molecule has 0 aromatic carbocycles. The fraction of sp³-hybridized carbons (Fsp3) is 0.818. The molecule has 3 atom stereocenters. The highest BCUT2D eigenvalue weighted by Gasteiger charge is 2.49. The van der Waals surface area contributed by atoms with Crippen LogP contribution in [0.3, 0.4) is 0 Å². The Morgan fingerprint density at radius 3 is 2.50 bits per heavy atom. The van der Waals surface area contributed by atoms with Gasteiger partial charge in [0, 0.05) is 26.1 Å². The van der Waals surface area contributed by atoms with Gasteiger partial charge in [0.25, 0.3) is 0 Å². The summed E-state index contributed by atoms with van der Waals surface area (Å²) >= 11 is 0. The SMILES string of the molecule is CCC(=O)N1CCN(PP)CC1(CC)C(=O)OC. The summed E-state index contributed by atoms with van der Waals surface area (Å²) in [7, 11) is 4.63. The molecule has 18 heavy (non-hydrogen) atoms. The van der Waals surface area contributed by atoms with Crippen LogP contribution >= 0.6 is 17.3 Å². The topological polar surface area (TPSA) is 49.9 Å². The van der Waals surface area contributed by atoms with Gasteiger partial charge in [-0.3, -0.25) is 9.46 Å². The van der Waals surface area contributed by atoms with Gasteiger partial charge in [-0.05, 0) is 14.8 Å². The molecule has 0 aromatic heterocycles. The first kappa shape index (κ1) is 15.8. The molecule has 3 unspecified atom stereocenters. The second-order valence-corrected chi connectivity index (χ2v) is 5.99. The van der Waals surface area contributed by atoms with Crippen molar-refractivity contribution >= 4 is 29.2 Å². The minimum atomic E-state index is -0.816. The van der Waals surface area contributed by atoms with Gasteiger partial charge in [-0.1, -0.05) is 22.8 Å². The van der Waals surface area contributed by atoms with Crippen LogP contribution in [-0.4, -0.2) is 53.7 Å². The molecule has 1 aliphatic rings. The Labute approximate surface area is 113 Å². The van der Waals surface area contributed by atoms with Crippen LogP contribution in [0, 0.1) is 0 Å². The Morgan fingerprint density at radius 2 is 2.06 bits per heavy atom. The number of amides is 1. The van der Waals surface area contributed by atoms with Gasteiger partial charge in [0.1, 0.15) is 0 Å². The molecule has 0 saturated carbocycles. The number of carbonyl (C=O) groups is 2. The molecule has 1 amide bonds. The molecular weight excluding hydrogens is 270 g/mol. The number of ether oxygens (including phenoxy) is 1. The van der Waals surface area contributed by atoms with E-state index in [4.69, 9.17) is 4.74 Å². The molecule has 0 spiro atoms. The molecular formula is C11H22N2O3P2. The van der Waals surface area contributed by atoms with E-state index in [1.54, 1.807) is 4.90 Å². The Morgan fingerprint density at radius 1 is 1.39 bits per heavy atom. The molecule has 104 valence electrons. The number of rotatable bonds is 4. The molecule has 1 saturated heterocycles. The zero-order valence-corrected chi connectivity index (χ0v) is 13.4. The lowest BCUT2D eigenvalue weighted by Crippen LogP contribution is -2.66. The zero-order chi connectivity index (χ0) is 13.8. The van der Waals surface area contributed by atoms with Crippen LogP contribution in [0.2, 0.25) is 0 Å². The molecule has 0 bridgehead atoms. The number of hydrogen-bond donors (Lipinski definition) is 0. The number of hydrogen-bond acceptors (Lipinski definition) is 4. The van der Waals surface area contributed by atoms with Crippen molar-refractivity contribution in [1.29, 1.82) is 0 Å². The van der Waals surface area contributed by atoms with Crippen molar-refractivity contribution in [2.75, 3.05) is 26.7 Å². The summed E-state index contributed by atoms with van der Waals surface area (Å²) in [5, 5.41) is 0. The Bertz CT molecular complexity index is 327.